The van der Waals surface area contributed by atoms with Gasteiger partial charge in [0.15, 0.2) is 5.96 Å². The number of nitrogens with one attached hydrogen (secondary N) is 1. The molecule has 0 unspecified atom stereocenters. The Kier molecular flexibility index (Phi) is 4.45. The number of benzene rings is 1. The molecule has 0 bridgehead atoms. The van der Waals surface area contributed by atoms with E-state index in [1.807, 2.05) is 6.07 Å². The number of hydrogen-bond acceptors (Lipinski definition) is 4. The highest BCUT2D eigenvalue weighted by molar-refractivity contribution is 5.81. The number of rotatable bonds is 5. The first-order valence-corrected chi connectivity index (χ1v) is 6.53. The molecule has 0 atom stereocenters. The third-order valence-corrected chi connectivity index (χ3v) is 3.21. The molecule has 0 aromatic heterocycles. The fourth-order valence-electron chi connectivity index (χ4n) is 2.05. The van der Waals surface area contributed by atoms with Crippen molar-refractivity contribution in [1.29, 1.82) is 0 Å². The van der Waals surface area contributed by atoms with Gasteiger partial charge in [-0.3, -0.25) is 4.99 Å². The highest BCUT2D eigenvalue weighted by Gasteiger charge is 2.10. The normalized spacial score (nSPS) is 14.6. The first-order chi connectivity index (χ1) is 8.77. The van der Waals surface area contributed by atoms with Crippen molar-refractivity contribution in [3.05, 3.63) is 30.3 Å². The highest BCUT2D eigenvalue weighted by Crippen LogP contribution is 2.10. The van der Waals surface area contributed by atoms with Crippen LogP contribution in [0.15, 0.2) is 35.3 Å². The average Bonchev–Trinajstić information content (AvgIpc) is 2.81. The van der Waals surface area contributed by atoms with Gasteiger partial charge >= 0.3 is 0 Å². The number of likely N-dealkylation sites (N-methyl/N-ethyl adjacent to an activating group) is 1. The maximum Gasteiger partial charge on any atom is 0.193 e. The zero-order valence-electron chi connectivity index (χ0n) is 11.3. The topological polar surface area (TPSA) is 30.9 Å². The summed E-state index contributed by atoms with van der Waals surface area (Å²) in [4.78, 5) is 8.86. The predicted octanol–water partition coefficient (Wildman–Crippen LogP) is 1.40. The third kappa shape index (κ3) is 3.39. The molecule has 1 heterocycles. The second-order valence-corrected chi connectivity index (χ2v) is 4.66. The van der Waals surface area contributed by atoms with Crippen LogP contribution in [0.25, 0.3) is 0 Å². The van der Waals surface area contributed by atoms with Gasteiger partial charge in [0, 0.05) is 39.4 Å². The molecule has 1 N–H and O–H groups in total. The van der Waals surface area contributed by atoms with Gasteiger partial charge in [0.1, 0.15) is 0 Å². The van der Waals surface area contributed by atoms with Crippen molar-refractivity contribution in [2.45, 2.75) is 6.42 Å². The van der Waals surface area contributed by atoms with Crippen LogP contribution >= 0.6 is 0 Å². The Hall–Kier alpha value is -1.71. The summed E-state index contributed by atoms with van der Waals surface area (Å²) in [6.45, 7) is 3.98. The SMILES string of the molecule is CN1CCN=C1NCCCN(C)c1ccccc1. The summed E-state index contributed by atoms with van der Waals surface area (Å²) >= 11 is 0. The van der Waals surface area contributed by atoms with Crippen LogP contribution < -0.4 is 10.2 Å². The first-order valence-electron chi connectivity index (χ1n) is 6.53. The Labute approximate surface area is 109 Å². The number of anilines is 1. The molecule has 1 aliphatic rings. The van der Waals surface area contributed by atoms with Gasteiger partial charge in [-0.05, 0) is 18.6 Å². The van der Waals surface area contributed by atoms with Crippen molar-refractivity contribution >= 4 is 11.6 Å². The fourth-order valence-corrected chi connectivity index (χ4v) is 2.05. The number of aliphatic imine (C=N–C) groups is 1. The van der Waals surface area contributed by atoms with Crippen LogP contribution in [0, 0.1) is 0 Å². The van der Waals surface area contributed by atoms with Crippen molar-refractivity contribution < 1.29 is 0 Å². The van der Waals surface area contributed by atoms with E-state index >= 15 is 0 Å². The largest absolute Gasteiger partial charge is 0.375 e. The van der Waals surface area contributed by atoms with E-state index in [-0.39, 0.29) is 0 Å². The number of nitrogens with zero attached hydrogens (tertiary/aromatic N) is 3. The van der Waals surface area contributed by atoms with Crippen LogP contribution in [0.2, 0.25) is 0 Å². The molecule has 98 valence electrons. The van der Waals surface area contributed by atoms with Crippen LogP contribution in [0.5, 0.6) is 0 Å². The van der Waals surface area contributed by atoms with Crippen LogP contribution in [-0.2, 0) is 0 Å². The molecule has 0 aliphatic carbocycles. The third-order valence-electron chi connectivity index (χ3n) is 3.21. The fraction of sp³-hybridized carbons (Fsp3) is 0.500. The minimum Gasteiger partial charge on any atom is -0.375 e. The van der Waals surface area contributed by atoms with Crippen LogP contribution in [0.1, 0.15) is 6.42 Å². The summed E-state index contributed by atoms with van der Waals surface area (Å²) < 4.78 is 0. The van der Waals surface area contributed by atoms with E-state index in [9.17, 15) is 0 Å². The molecule has 0 radical (unpaired) electrons. The van der Waals surface area contributed by atoms with E-state index < -0.39 is 0 Å². The van der Waals surface area contributed by atoms with Gasteiger partial charge < -0.3 is 15.1 Å². The molecule has 0 saturated carbocycles. The average molecular weight is 246 g/mol. The first kappa shape index (κ1) is 12.7. The molecule has 4 nitrogen and oxygen atoms in total. The second kappa shape index (κ2) is 6.28. The lowest BCUT2D eigenvalue weighted by atomic mass is 10.3. The van der Waals surface area contributed by atoms with Crippen LogP contribution in [-0.4, -0.2) is 51.1 Å². The Balaban J connectivity index is 1.67. The summed E-state index contributed by atoms with van der Waals surface area (Å²) in [6, 6.07) is 10.5. The smallest absolute Gasteiger partial charge is 0.193 e. The van der Waals surface area contributed by atoms with E-state index in [2.05, 4.69) is 58.5 Å². The van der Waals surface area contributed by atoms with E-state index in [1.54, 1.807) is 0 Å². The van der Waals surface area contributed by atoms with Crippen LogP contribution in [0.4, 0.5) is 5.69 Å². The summed E-state index contributed by atoms with van der Waals surface area (Å²) in [5.74, 6) is 1.04. The Bertz CT molecular complexity index is 388. The van der Waals surface area contributed by atoms with Gasteiger partial charge in [0.2, 0.25) is 0 Å². The number of para-hydroxylation sites is 1. The Morgan fingerprint density at radius 1 is 1.33 bits per heavy atom. The molecule has 4 heteroatoms. The molecule has 0 amide bonds. The van der Waals surface area contributed by atoms with E-state index in [0.29, 0.717) is 0 Å². The van der Waals surface area contributed by atoms with Crippen molar-refractivity contribution in [2.75, 3.05) is 45.2 Å². The lowest BCUT2D eigenvalue weighted by molar-refractivity contribution is 0.532. The van der Waals surface area contributed by atoms with Crippen molar-refractivity contribution in [2.24, 2.45) is 4.99 Å². The highest BCUT2D eigenvalue weighted by atomic mass is 15.3. The summed E-state index contributed by atoms with van der Waals surface area (Å²) in [7, 11) is 4.21. The predicted molar refractivity (Wildman–Crippen MR) is 77.3 cm³/mol. The molecule has 0 fully saturated rings. The Morgan fingerprint density at radius 2 is 2.11 bits per heavy atom. The second-order valence-electron chi connectivity index (χ2n) is 4.66. The summed E-state index contributed by atoms with van der Waals surface area (Å²) in [6.07, 6.45) is 1.11. The molecule has 0 spiro atoms. The molecule has 1 aliphatic heterocycles. The van der Waals surface area contributed by atoms with E-state index in [4.69, 9.17) is 0 Å². The van der Waals surface area contributed by atoms with Gasteiger partial charge in [-0.25, -0.2) is 0 Å². The molecule has 2 rings (SSSR count). The molecule has 1 aromatic rings. The van der Waals surface area contributed by atoms with E-state index in [0.717, 1.165) is 38.6 Å². The summed E-state index contributed by atoms with van der Waals surface area (Å²) in [5.41, 5.74) is 1.27. The monoisotopic (exact) mass is 246 g/mol. The maximum absolute atomic E-state index is 4.41. The lowest BCUT2D eigenvalue weighted by Crippen LogP contribution is -2.37. The standard InChI is InChI=1S/C14H22N4/c1-17(13-7-4-3-5-8-13)11-6-9-15-14-16-10-12-18(14)2/h3-5,7-8H,6,9-12H2,1-2H3,(H,15,16). The summed E-state index contributed by atoms with van der Waals surface area (Å²) in [5, 5.41) is 3.39. The number of hydrogen-bond donors (Lipinski definition) is 1. The van der Waals surface area contributed by atoms with Gasteiger partial charge in [0.25, 0.3) is 0 Å². The molecule has 1 aromatic carbocycles. The number of guanidine groups is 1. The zero-order chi connectivity index (χ0) is 12.8. The minimum absolute atomic E-state index is 0.919. The van der Waals surface area contributed by atoms with Crippen LogP contribution in [0.3, 0.4) is 0 Å². The van der Waals surface area contributed by atoms with E-state index in [1.165, 1.54) is 5.69 Å². The van der Waals surface area contributed by atoms with Crippen molar-refractivity contribution in [3.8, 4) is 0 Å². The van der Waals surface area contributed by atoms with Gasteiger partial charge in [-0.15, -0.1) is 0 Å². The molecular formula is C14H22N4. The van der Waals surface area contributed by atoms with Crippen molar-refractivity contribution in [1.82, 2.24) is 10.2 Å². The van der Waals surface area contributed by atoms with Gasteiger partial charge in [-0.2, -0.15) is 0 Å². The molecule has 18 heavy (non-hydrogen) atoms. The molecule has 0 saturated heterocycles. The Morgan fingerprint density at radius 3 is 2.78 bits per heavy atom. The van der Waals surface area contributed by atoms with Crippen molar-refractivity contribution in [3.63, 3.8) is 0 Å². The van der Waals surface area contributed by atoms with Gasteiger partial charge in [-0.1, -0.05) is 18.2 Å². The quantitative estimate of drug-likeness (QED) is 0.797. The molecular weight excluding hydrogens is 224 g/mol. The maximum atomic E-state index is 4.41. The minimum atomic E-state index is 0.919. The van der Waals surface area contributed by atoms with Gasteiger partial charge in [0.05, 0.1) is 6.54 Å². The zero-order valence-corrected chi connectivity index (χ0v) is 11.3. The lowest BCUT2D eigenvalue weighted by Gasteiger charge is -2.20.